The number of rotatable bonds is 5. The second-order valence-corrected chi connectivity index (χ2v) is 4.84. The lowest BCUT2D eigenvalue weighted by atomic mass is 10.1. The van der Waals surface area contributed by atoms with Crippen LogP contribution in [0.1, 0.15) is 16.5 Å². The highest BCUT2D eigenvalue weighted by Gasteiger charge is 2.22. The van der Waals surface area contributed by atoms with Gasteiger partial charge in [0.05, 0.1) is 10.4 Å². The molecular weight excluding hydrogens is 280 g/mol. The average molecular weight is 292 g/mol. The van der Waals surface area contributed by atoms with E-state index in [2.05, 4.69) is 10.3 Å². The monoisotopic (exact) mass is 292 g/mol. The van der Waals surface area contributed by atoms with Gasteiger partial charge in [-0.2, -0.15) is 0 Å². The molecule has 1 aromatic heterocycles. The predicted octanol–water partition coefficient (Wildman–Crippen LogP) is 2.20. The van der Waals surface area contributed by atoms with Crippen LogP contribution >= 0.6 is 11.3 Å². The van der Waals surface area contributed by atoms with E-state index in [1.807, 2.05) is 0 Å². The number of aromatic nitrogens is 1. The number of aliphatic carboxylic acids is 1. The number of benzene rings is 1. The lowest BCUT2D eigenvalue weighted by Gasteiger charge is -2.14. The van der Waals surface area contributed by atoms with Gasteiger partial charge in [0.25, 0.3) is 0 Å². The van der Waals surface area contributed by atoms with Gasteiger partial charge in [-0.05, 0) is 5.56 Å². The third kappa shape index (κ3) is 3.79. The Morgan fingerprint density at radius 3 is 2.70 bits per heavy atom. The number of hydrogen-bond acceptors (Lipinski definition) is 5. The van der Waals surface area contributed by atoms with Crippen LogP contribution in [0.15, 0.2) is 42.0 Å². The van der Waals surface area contributed by atoms with Crippen LogP contribution in [0.3, 0.4) is 0 Å². The number of carboxylic acid groups (broad SMARTS) is 1. The van der Waals surface area contributed by atoms with E-state index in [-0.39, 0.29) is 6.61 Å². The molecule has 0 saturated carbocycles. The van der Waals surface area contributed by atoms with Gasteiger partial charge in [-0.1, -0.05) is 30.3 Å². The lowest BCUT2D eigenvalue weighted by Crippen LogP contribution is -2.34. The quantitative estimate of drug-likeness (QED) is 0.882. The van der Waals surface area contributed by atoms with Crippen LogP contribution in [-0.2, 0) is 16.1 Å². The van der Waals surface area contributed by atoms with Gasteiger partial charge in [-0.15, -0.1) is 11.3 Å². The summed E-state index contributed by atoms with van der Waals surface area (Å²) in [7, 11) is 0. The summed E-state index contributed by atoms with van der Waals surface area (Å²) in [4.78, 5) is 27.4. The van der Waals surface area contributed by atoms with Gasteiger partial charge in [0.1, 0.15) is 6.61 Å². The van der Waals surface area contributed by atoms with Gasteiger partial charge in [-0.3, -0.25) is 4.98 Å². The number of alkyl carbamates (subject to hydrolysis) is 1. The van der Waals surface area contributed by atoms with Crippen LogP contribution in [0.5, 0.6) is 0 Å². The number of nitrogens with zero attached hydrogens (tertiary/aromatic N) is 1. The Morgan fingerprint density at radius 2 is 2.10 bits per heavy atom. The molecule has 20 heavy (non-hydrogen) atoms. The summed E-state index contributed by atoms with van der Waals surface area (Å²) in [5.41, 5.74) is 2.11. The smallest absolute Gasteiger partial charge is 0.408 e. The SMILES string of the molecule is O=C(N[C@@H](C(=O)O)c1ccccc1)OCc1cncs1. The molecule has 0 radical (unpaired) electrons. The zero-order valence-electron chi connectivity index (χ0n) is 10.4. The molecule has 0 aliphatic heterocycles. The lowest BCUT2D eigenvalue weighted by molar-refractivity contribution is -0.139. The van der Waals surface area contributed by atoms with Crippen molar-refractivity contribution in [3.8, 4) is 0 Å². The normalized spacial score (nSPS) is 11.6. The fourth-order valence-electron chi connectivity index (χ4n) is 1.54. The van der Waals surface area contributed by atoms with Crippen molar-refractivity contribution >= 4 is 23.4 Å². The van der Waals surface area contributed by atoms with Crippen molar-refractivity contribution in [3.05, 3.63) is 52.5 Å². The Labute approximate surface area is 119 Å². The largest absolute Gasteiger partial charge is 0.479 e. The molecule has 0 fully saturated rings. The van der Waals surface area contributed by atoms with Crippen molar-refractivity contribution in [3.63, 3.8) is 0 Å². The summed E-state index contributed by atoms with van der Waals surface area (Å²) in [5, 5.41) is 11.5. The topological polar surface area (TPSA) is 88.5 Å². The van der Waals surface area contributed by atoms with Gasteiger partial charge >= 0.3 is 12.1 Å². The highest BCUT2D eigenvalue weighted by atomic mass is 32.1. The van der Waals surface area contributed by atoms with Gasteiger partial charge in [0, 0.05) is 6.20 Å². The number of ether oxygens (including phenoxy) is 1. The third-order valence-corrected chi connectivity index (χ3v) is 3.22. The molecule has 1 atom stereocenters. The van der Waals surface area contributed by atoms with Gasteiger partial charge in [0.15, 0.2) is 6.04 Å². The number of amides is 1. The fourth-order valence-corrected chi connectivity index (χ4v) is 2.05. The molecule has 1 heterocycles. The number of nitrogens with one attached hydrogen (secondary N) is 1. The maximum Gasteiger partial charge on any atom is 0.408 e. The van der Waals surface area contributed by atoms with E-state index in [0.29, 0.717) is 5.56 Å². The molecule has 0 unspecified atom stereocenters. The van der Waals surface area contributed by atoms with Crippen molar-refractivity contribution in [1.29, 1.82) is 0 Å². The van der Waals surface area contributed by atoms with E-state index >= 15 is 0 Å². The minimum atomic E-state index is -1.15. The molecule has 0 saturated heterocycles. The molecule has 2 rings (SSSR count). The standard InChI is InChI=1S/C13H12N2O4S/c16-12(17)11(9-4-2-1-3-5-9)15-13(18)19-7-10-6-14-8-20-10/h1-6,8,11H,7H2,(H,15,18)(H,16,17)/t11-/m1/s1. The first-order valence-corrected chi connectivity index (χ1v) is 6.63. The molecule has 0 aliphatic carbocycles. The summed E-state index contributed by atoms with van der Waals surface area (Å²) < 4.78 is 4.95. The predicted molar refractivity (Wildman–Crippen MR) is 72.3 cm³/mol. The summed E-state index contributed by atoms with van der Waals surface area (Å²) in [6, 6.07) is 7.30. The van der Waals surface area contributed by atoms with Crippen molar-refractivity contribution < 1.29 is 19.4 Å². The Hall–Kier alpha value is -2.41. The molecule has 6 nitrogen and oxygen atoms in total. The Morgan fingerprint density at radius 1 is 1.35 bits per heavy atom. The zero-order chi connectivity index (χ0) is 14.4. The molecule has 1 amide bonds. The van der Waals surface area contributed by atoms with Crippen LogP contribution in [0.2, 0.25) is 0 Å². The highest BCUT2D eigenvalue weighted by Crippen LogP contribution is 2.13. The van der Waals surface area contributed by atoms with E-state index in [1.165, 1.54) is 11.3 Å². The van der Waals surface area contributed by atoms with Crippen LogP contribution in [-0.4, -0.2) is 22.2 Å². The summed E-state index contributed by atoms with van der Waals surface area (Å²) in [6.45, 7) is 0.0671. The molecule has 0 bridgehead atoms. The molecule has 2 N–H and O–H groups in total. The maximum absolute atomic E-state index is 11.6. The third-order valence-electron chi connectivity index (χ3n) is 2.47. The Bertz CT molecular complexity index is 571. The Kier molecular flexibility index (Phi) is 4.67. The van der Waals surface area contributed by atoms with Crippen molar-refractivity contribution in [2.24, 2.45) is 0 Å². The number of carbonyl (C=O) groups excluding carboxylic acids is 1. The minimum Gasteiger partial charge on any atom is -0.479 e. The Balaban J connectivity index is 1.95. The summed E-state index contributed by atoms with van der Waals surface area (Å²) in [5.74, 6) is -1.15. The van der Waals surface area contributed by atoms with Crippen LogP contribution in [0, 0.1) is 0 Å². The molecule has 7 heteroatoms. The first-order chi connectivity index (χ1) is 9.66. The number of carbonyl (C=O) groups is 2. The number of hydrogen-bond donors (Lipinski definition) is 2. The van der Waals surface area contributed by atoms with E-state index in [4.69, 9.17) is 9.84 Å². The number of thiazole rings is 1. The average Bonchev–Trinajstić information content (AvgIpc) is 2.96. The van der Waals surface area contributed by atoms with Crippen LogP contribution < -0.4 is 5.32 Å². The molecule has 104 valence electrons. The van der Waals surface area contributed by atoms with E-state index in [1.54, 1.807) is 42.0 Å². The second kappa shape index (κ2) is 6.67. The minimum absolute atomic E-state index is 0.0671. The first kappa shape index (κ1) is 14.0. The van der Waals surface area contributed by atoms with Gasteiger partial charge in [-0.25, -0.2) is 9.59 Å². The molecular formula is C13H12N2O4S. The molecule has 1 aromatic carbocycles. The van der Waals surface area contributed by atoms with Crippen molar-refractivity contribution in [2.45, 2.75) is 12.6 Å². The van der Waals surface area contributed by atoms with E-state index < -0.39 is 18.1 Å². The van der Waals surface area contributed by atoms with Crippen LogP contribution in [0.4, 0.5) is 4.79 Å². The number of carboxylic acids is 1. The van der Waals surface area contributed by atoms with Crippen molar-refractivity contribution in [1.82, 2.24) is 10.3 Å². The van der Waals surface area contributed by atoms with Crippen molar-refractivity contribution in [2.75, 3.05) is 0 Å². The van der Waals surface area contributed by atoms with Gasteiger partial charge < -0.3 is 15.2 Å². The molecule has 0 aliphatic rings. The fraction of sp³-hybridized carbons (Fsp3) is 0.154. The van der Waals surface area contributed by atoms with Gasteiger partial charge in [0.2, 0.25) is 0 Å². The zero-order valence-corrected chi connectivity index (χ0v) is 11.2. The summed E-state index contributed by atoms with van der Waals surface area (Å²) >= 11 is 1.35. The van der Waals surface area contributed by atoms with E-state index in [0.717, 1.165) is 4.88 Å². The van der Waals surface area contributed by atoms with E-state index in [9.17, 15) is 9.59 Å². The second-order valence-electron chi connectivity index (χ2n) is 3.87. The summed E-state index contributed by atoms with van der Waals surface area (Å²) in [6.07, 6.45) is 0.804. The molecule has 2 aromatic rings. The molecule has 0 spiro atoms. The van der Waals surface area contributed by atoms with Crippen LogP contribution in [0.25, 0.3) is 0 Å². The maximum atomic E-state index is 11.6. The first-order valence-electron chi connectivity index (χ1n) is 5.75. The highest BCUT2D eigenvalue weighted by molar-refractivity contribution is 7.09.